The fourth-order valence-electron chi connectivity index (χ4n) is 7.84. The first-order valence-electron chi connectivity index (χ1n) is 22.3. The number of halogens is 2. The molecular weight excluding hydrogens is 1000 g/mol. The van der Waals surface area contributed by atoms with E-state index < -0.39 is 185 Å². The van der Waals surface area contributed by atoms with Crippen molar-refractivity contribution in [3.63, 3.8) is 0 Å². The molecule has 1 aromatic rings. The van der Waals surface area contributed by atoms with Crippen molar-refractivity contribution in [2.24, 2.45) is 5.11 Å². The topological polar surface area (TPSA) is 462 Å². The fourth-order valence-corrected chi connectivity index (χ4v) is 7.84. The van der Waals surface area contributed by atoms with E-state index in [9.17, 15) is 84.8 Å². The maximum atomic E-state index is 14.4. The molecular formula is C41H59F2N5O25. The lowest BCUT2D eigenvalue weighted by molar-refractivity contribution is -0.387. The van der Waals surface area contributed by atoms with E-state index in [1.165, 1.54) is 0 Å². The number of carbonyl (C=O) groups is 2. The molecule has 412 valence electrons. The van der Waals surface area contributed by atoms with Crippen molar-refractivity contribution in [2.45, 2.75) is 142 Å². The van der Waals surface area contributed by atoms with Gasteiger partial charge < -0.3 is 124 Å². The zero-order valence-electron chi connectivity index (χ0n) is 38.2. The third-order valence-corrected chi connectivity index (χ3v) is 11.7. The van der Waals surface area contributed by atoms with Crippen molar-refractivity contribution in [1.82, 2.24) is 5.32 Å². The van der Waals surface area contributed by atoms with Crippen LogP contribution < -0.4 is 15.4 Å². The minimum Gasteiger partial charge on any atom is -0.461 e. The number of nitrogens with one attached hydrogen (secondary N) is 2. The van der Waals surface area contributed by atoms with Gasteiger partial charge in [-0.25, -0.2) is 13.6 Å². The first-order valence-corrected chi connectivity index (χ1v) is 22.3. The lowest BCUT2D eigenvalue weighted by atomic mass is 9.95. The lowest BCUT2D eigenvalue weighted by Crippen LogP contribution is -2.67. The second kappa shape index (κ2) is 28.0. The highest BCUT2D eigenvalue weighted by Gasteiger charge is 2.55. The zero-order valence-corrected chi connectivity index (χ0v) is 38.2. The molecule has 0 aromatic heterocycles. The smallest absolute Gasteiger partial charge is 0.407 e. The van der Waals surface area contributed by atoms with Gasteiger partial charge in [-0.15, -0.1) is 12.3 Å². The number of nitrogens with zero attached hydrogens (tertiary/aromatic N) is 3. The Labute approximate surface area is 412 Å². The molecule has 4 aliphatic heterocycles. The van der Waals surface area contributed by atoms with Crippen LogP contribution in [0.1, 0.15) is 18.4 Å². The molecule has 4 aliphatic rings. The van der Waals surface area contributed by atoms with E-state index in [4.69, 9.17) is 59.3 Å². The molecule has 0 aliphatic carbocycles. The summed E-state index contributed by atoms with van der Waals surface area (Å²) in [7, 11) is 0. The van der Waals surface area contributed by atoms with E-state index in [0.29, 0.717) is 0 Å². The second-order valence-corrected chi connectivity index (χ2v) is 16.6. The van der Waals surface area contributed by atoms with Crippen molar-refractivity contribution < 1.29 is 132 Å². The normalized spacial score (nSPS) is 37.1. The van der Waals surface area contributed by atoms with Crippen LogP contribution in [-0.4, -0.2) is 260 Å². The van der Waals surface area contributed by atoms with Gasteiger partial charge in [0.1, 0.15) is 116 Å². The maximum absolute atomic E-state index is 14.4. The van der Waals surface area contributed by atoms with E-state index in [-0.39, 0.29) is 38.5 Å². The van der Waals surface area contributed by atoms with E-state index in [1.54, 1.807) is 0 Å². The van der Waals surface area contributed by atoms with Gasteiger partial charge in [0.05, 0.1) is 45.2 Å². The molecule has 4 fully saturated rings. The number of azide groups is 1. The summed E-state index contributed by atoms with van der Waals surface area (Å²) in [4.78, 5) is 27.9. The summed E-state index contributed by atoms with van der Waals surface area (Å²) in [6.07, 6.45) is -37.6. The SMILES string of the molecule is C#CCC(NC(=O)OCCOCCN=[N+]=[N-])C(=O)Nc1ccc(O[C@@H]2OC(CO)[C@H](O[C@H]3OC(CO)[C@H](O[C@H]4OC(CO)[C@@H](O[C@H]5OC(CO)[C@@H](O)C(O)C5O)C(O)C4O)C(O)C3O)C(O)C2O)c(C(F)F)c1. The summed E-state index contributed by atoms with van der Waals surface area (Å²) in [6.45, 7) is -4.08. The Morgan fingerprint density at radius 2 is 1.16 bits per heavy atom. The molecule has 2 amide bonds. The maximum Gasteiger partial charge on any atom is 0.407 e. The number of ether oxygens (including phenoxy) is 10. The van der Waals surface area contributed by atoms with Gasteiger partial charge >= 0.3 is 6.09 Å². The molecule has 30 nitrogen and oxygen atoms in total. The van der Waals surface area contributed by atoms with Crippen molar-refractivity contribution in [1.29, 1.82) is 0 Å². The average molecular weight is 1060 g/mol. The van der Waals surface area contributed by atoms with E-state index >= 15 is 0 Å². The summed E-state index contributed by atoms with van der Waals surface area (Å²) >= 11 is 0. The molecule has 0 radical (unpaired) electrons. The van der Waals surface area contributed by atoms with Crippen molar-refractivity contribution in [3.05, 3.63) is 34.2 Å². The number of carbonyl (C=O) groups excluding carboxylic acids is 2. The largest absolute Gasteiger partial charge is 0.461 e. The quantitative estimate of drug-likeness (QED) is 0.0159. The summed E-state index contributed by atoms with van der Waals surface area (Å²) in [5.74, 6) is 0.604. The molecule has 4 saturated heterocycles. The highest BCUT2D eigenvalue weighted by Crippen LogP contribution is 2.37. The Balaban J connectivity index is 1.19. The number of aliphatic hydroxyl groups is 13. The number of benzene rings is 1. The van der Waals surface area contributed by atoms with E-state index in [1.807, 2.05) is 0 Å². The van der Waals surface area contributed by atoms with E-state index in [0.717, 1.165) is 18.2 Å². The molecule has 0 spiro atoms. The Kier molecular flexibility index (Phi) is 22.8. The third kappa shape index (κ3) is 14.7. The van der Waals surface area contributed by atoms with Gasteiger partial charge in [-0.1, -0.05) is 5.11 Å². The minimum atomic E-state index is -3.31. The Morgan fingerprint density at radius 1 is 0.685 bits per heavy atom. The standard InChI is InChI=1S/C41H59F2N5O25/c1-2-3-17(47-41(63)65-9-8-64-7-6-45-48-44)36(62)46-15-4-5-18(16(10-15)35(42)43)66-37-29(59)25(55)32(20(12-50)68-37)72-39-31(61)27(57)34(22(14-52)70-39)73-40-30(60)26(56)33(21(13-51)69-40)71-38-28(58)24(54)23(53)19(11-49)67-38/h1,4-5,10,17,19-35,37-40,49-61H,3,6-9,11-14H2,(H,46,62)(H,47,63)/t17?,19?,20?,21?,22?,23-,24?,25?,26?,27?,28?,29?,30?,31?,32+,33-,34+,37-,38-,39-,40-/m1/s1. The lowest BCUT2D eigenvalue weighted by Gasteiger charge is -2.49. The summed E-state index contributed by atoms with van der Waals surface area (Å²) in [5.41, 5.74) is 7.15. The van der Waals surface area contributed by atoms with Crippen LogP contribution in [0.3, 0.4) is 0 Å². The number of alkyl carbamates (subject to hydrolysis) is 1. The number of amides is 2. The highest BCUT2D eigenvalue weighted by atomic mass is 19.3. The van der Waals surface area contributed by atoms with Gasteiger partial charge in [0.15, 0.2) is 18.9 Å². The van der Waals surface area contributed by atoms with Crippen LogP contribution in [0.25, 0.3) is 10.4 Å². The van der Waals surface area contributed by atoms with Gasteiger partial charge in [0.25, 0.3) is 6.43 Å². The monoisotopic (exact) mass is 1060 g/mol. The Hall–Kier alpha value is -4.35. The molecule has 13 unspecified atom stereocenters. The number of terminal acetylenes is 1. The molecule has 32 heteroatoms. The van der Waals surface area contributed by atoms with Crippen molar-refractivity contribution in [2.75, 3.05) is 58.1 Å². The first-order chi connectivity index (χ1) is 34.8. The summed E-state index contributed by atoms with van der Waals surface area (Å²) in [6, 6.07) is 1.41. The third-order valence-electron chi connectivity index (χ3n) is 11.7. The van der Waals surface area contributed by atoms with Crippen molar-refractivity contribution in [3.8, 4) is 18.1 Å². The van der Waals surface area contributed by atoms with Gasteiger partial charge in [0.2, 0.25) is 12.2 Å². The molecule has 0 saturated carbocycles. The fraction of sp³-hybridized carbons (Fsp3) is 0.756. The number of aliphatic hydroxyl groups excluding tert-OH is 13. The predicted molar refractivity (Wildman–Crippen MR) is 229 cm³/mol. The van der Waals surface area contributed by atoms with Crippen LogP contribution in [0.2, 0.25) is 0 Å². The molecule has 73 heavy (non-hydrogen) atoms. The van der Waals surface area contributed by atoms with Gasteiger partial charge in [0, 0.05) is 23.6 Å². The van der Waals surface area contributed by atoms with Gasteiger partial charge in [-0.2, -0.15) is 0 Å². The van der Waals surface area contributed by atoms with Crippen LogP contribution >= 0.6 is 0 Å². The highest BCUT2D eigenvalue weighted by molar-refractivity contribution is 5.97. The van der Waals surface area contributed by atoms with Crippen molar-refractivity contribution >= 4 is 17.7 Å². The number of hydrogen-bond acceptors (Lipinski definition) is 26. The van der Waals surface area contributed by atoms with Gasteiger partial charge in [-0.3, -0.25) is 4.79 Å². The Morgan fingerprint density at radius 3 is 1.64 bits per heavy atom. The van der Waals surface area contributed by atoms with Gasteiger partial charge in [-0.05, 0) is 23.7 Å². The predicted octanol–water partition coefficient (Wildman–Crippen LogP) is -6.34. The molecule has 1 aromatic carbocycles. The molecule has 4 heterocycles. The first kappa shape index (κ1) is 59.5. The summed E-state index contributed by atoms with van der Waals surface area (Å²) in [5, 5.41) is 145. The minimum absolute atomic E-state index is 0.0430. The number of hydrogen-bond donors (Lipinski definition) is 15. The van der Waals surface area contributed by atoms with Crippen LogP contribution in [0.4, 0.5) is 19.3 Å². The summed E-state index contributed by atoms with van der Waals surface area (Å²) < 4.78 is 83.2. The number of anilines is 1. The van der Waals surface area contributed by atoms with Crippen LogP contribution in [0.15, 0.2) is 23.3 Å². The van der Waals surface area contributed by atoms with Crippen LogP contribution in [0.5, 0.6) is 5.75 Å². The molecule has 21 atom stereocenters. The average Bonchev–Trinajstić information content (AvgIpc) is 3.37. The van der Waals surface area contributed by atoms with Crippen LogP contribution in [0, 0.1) is 12.3 Å². The number of alkyl halides is 2. The zero-order chi connectivity index (χ0) is 53.7. The second-order valence-electron chi connectivity index (χ2n) is 16.6. The molecule has 0 bridgehead atoms. The molecule has 5 rings (SSSR count). The number of rotatable bonds is 23. The van der Waals surface area contributed by atoms with E-state index in [2.05, 4.69) is 26.6 Å². The molecule has 15 N–H and O–H groups in total. The van der Waals surface area contributed by atoms with Crippen LogP contribution in [-0.2, 0) is 47.4 Å². The Bertz CT molecular complexity index is 2000.